The van der Waals surface area contributed by atoms with Crippen molar-refractivity contribution in [3.05, 3.63) is 71.8 Å². The van der Waals surface area contributed by atoms with Gasteiger partial charge in [0.05, 0.1) is 18.6 Å². The number of benzene rings is 2. The van der Waals surface area contributed by atoms with Crippen LogP contribution >= 0.6 is 0 Å². The molecule has 0 heterocycles. The molecule has 2 aromatic rings. The quantitative estimate of drug-likeness (QED) is 0.134. The van der Waals surface area contributed by atoms with Crippen LogP contribution in [0.15, 0.2) is 60.7 Å². The third-order valence-corrected chi connectivity index (χ3v) is 7.15. The topological polar surface area (TPSA) is 126 Å². The molecule has 1 N–H and O–H groups in total. The number of carbonyl (C=O) groups excluding carboxylic acids is 4. The highest BCUT2D eigenvalue weighted by atomic mass is 16.6. The van der Waals surface area contributed by atoms with E-state index in [0.29, 0.717) is 12.8 Å². The third-order valence-electron chi connectivity index (χ3n) is 7.15. The molecule has 2 rings (SSSR count). The van der Waals surface area contributed by atoms with E-state index in [9.17, 15) is 19.2 Å². The van der Waals surface area contributed by atoms with Crippen molar-refractivity contribution >= 4 is 24.0 Å². The van der Waals surface area contributed by atoms with E-state index in [1.165, 1.54) is 0 Å². The van der Waals surface area contributed by atoms with E-state index in [2.05, 4.69) is 5.32 Å². The van der Waals surface area contributed by atoms with E-state index in [1.807, 2.05) is 81.4 Å². The van der Waals surface area contributed by atoms with Gasteiger partial charge in [-0.25, -0.2) is 9.59 Å². The summed E-state index contributed by atoms with van der Waals surface area (Å²) in [4.78, 5) is 53.1. The Balaban J connectivity index is 2.33. The maximum absolute atomic E-state index is 13.8. The van der Waals surface area contributed by atoms with E-state index in [-0.39, 0.29) is 25.6 Å². The van der Waals surface area contributed by atoms with Gasteiger partial charge in [-0.2, -0.15) is 0 Å². The van der Waals surface area contributed by atoms with Crippen molar-refractivity contribution in [1.29, 1.82) is 0 Å². The zero-order valence-electron chi connectivity index (χ0n) is 29.2. The van der Waals surface area contributed by atoms with Gasteiger partial charge in [-0.3, -0.25) is 9.59 Å². The second-order valence-corrected chi connectivity index (χ2v) is 13.2. The first kappa shape index (κ1) is 39.3. The van der Waals surface area contributed by atoms with Crippen molar-refractivity contribution in [3.8, 4) is 0 Å². The lowest BCUT2D eigenvalue weighted by atomic mass is 9.92. The number of carbonyl (C=O) groups is 4. The average Bonchev–Trinajstić information content (AvgIpc) is 3.00. The molecule has 0 fully saturated rings. The average molecular weight is 656 g/mol. The summed E-state index contributed by atoms with van der Waals surface area (Å²) in [6.45, 7) is 14.3. The van der Waals surface area contributed by atoms with E-state index in [4.69, 9.17) is 23.7 Å². The highest BCUT2D eigenvalue weighted by Crippen LogP contribution is 2.25. The SMILES string of the molecule is CCCC[C@@H](C(=O)OCc1ccccc1)[C@@H](OC(=O)CC(C)C)[C@H](C)OC(=O)[C@@H](NC(=O)OC(C)(C)C)[C@@H](C)OCc1ccccc1. The smallest absolute Gasteiger partial charge is 0.408 e. The second-order valence-electron chi connectivity index (χ2n) is 13.2. The third kappa shape index (κ3) is 15.0. The van der Waals surface area contributed by atoms with Crippen LogP contribution < -0.4 is 5.32 Å². The predicted octanol–water partition coefficient (Wildman–Crippen LogP) is 6.92. The van der Waals surface area contributed by atoms with Crippen LogP contribution in [-0.2, 0) is 51.3 Å². The Morgan fingerprint density at radius 1 is 0.766 bits per heavy atom. The van der Waals surface area contributed by atoms with E-state index in [1.54, 1.807) is 34.6 Å². The Kier molecular flexibility index (Phi) is 16.4. The summed E-state index contributed by atoms with van der Waals surface area (Å²) in [7, 11) is 0. The van der Waals surface area contributed by atoms with Gasteiger partial charge in [-0.1, -0.05) is 94.3 Å². The molecule has 5 atom stereocenters. The number of amides is 1. The van der Waals surface area contributed by atoms with Crippen LogP contribution in [0.3, 0.4) is 0 Å². The highest BCUT2D eigenvalue weighted by Gasteiger charge is 2.40. The zero-order chi connectivity index (χ0) is 35.0. The van der Waals surface area contributed by atoms with Gasteiger partial charge in [0.15, 0.2) is 12.1 Å². The lowest BCUT2D eigenvalue weighted by molar-refractivity contribution is -0.181. The summed E-state index contributed by atoms with van der Waals surface area (Å²) in [5.41, 5.74) is 0.868. The number of hydrogen-bond donors (Lipinski definition) is 1. The molecule has 260 valence electrons. The number of unbranched alkanes of at least 4 members (excludes halogenated alkanes) is 1. The van der Waals surface area contributed by atoms with Crippen LogP contribution in [0.4, 0.5) is 4.79 Å². The van der Waals surface area contributed by atoms with Gasteiger partial charge in [0.2, 0.25) is 0 Å². The summed E-state index contributed by atoms with van der Waals surface area (Å²) >= 11 is 0. The van der Waals surface area contributed by atoms with E-state index < -0.39 is 59.9 Å². The van der Waals surface area contributed by atoms with Gasteiger partial charge in [-0.05, 0) is 58.1 Å². The maximum atomic E-state index is 13.8. The monoisotopic (exact) mass is 655 g/mol. The van der Waals surface area contributed by atoms with Crippen molar-refractivity contribution in [2.45, 2.75) is 124 Å². The molecule has 0 radical (unpaired) electrons. The van der Waals surface area contributed by atoms with E-state index in [0.717, 1.165) is 17.5 Å². The minimum Gasteiger partial charge on any atom is -0.460 e. The first-order valence-corrected chi connectivity index (χ1v) is 16.5. The molecule has 0 aliphatic rings. The Morgan fingerprint density at radius 3 is 1.87 bits per heavy atom. The number of rotatable bonds is 18. The number of alkyl carbamates (subject to hydrolysis) is 1. The molecule has 0 saturated heterocycles. The molecule has 1 amide bonds. The normalized spacial score (nSPS) is 14.7. The lowest BCUT2D eigenvalue weighted by Crippen LogP contribution is -2.52. The zero-order valence-corrected chi connectivity index (χ0v) is 29.2. The molecule has 2 aromatic carbocycles. The summed E-state index contributed by atoms with van der Waals surface area (Å²) in [5, 5.41) is 2.59. The van der Waals surface area contributed by atoms with Crippen LogP contribution in [0.5, 0.6) is 0 Å². The molecular formula is C37H53NO9. The van der Waals surface area contributed by atoms with Crippen molar-refractivity contribution in [3.63, 3.8) is 0 Å². The number of nitrogens with one attached hydrogen (secondary N) is 1. The molecule has 0 saturated carbocycles. The molecule has 10 nitrogen and oxygen atoms in total. The standard InChI is InChI=1S/C37H53NO9/c1-9-10-21-30(34(40)44-24-29-19-15-12-16-20-29)33(46-31(39)22-25(2)3)27(5)45-35(41)32(38-36(42)47-37(6,7)8)26(4)43-23-28-17-13-11-14-18-28/h11-20,25-27,30,32-33H,9-10,21-24H2,1-8H3,(H,38,42)/t26-,27+,30-,32+,33+/m1/s1. The Hall–Kier alpha value is -3.92. The first-order chi connectivity index (χ1) is 22.2. The molecule has 10 heteroatoms. The van der Waals surface area contributed by atoms with Crippen LogP contribution in [0.1, 0.15) is 92.2 Å². The maximum Gasteiger partial charge on any atom is 0.408 e. The molecule has 0 bridgehead atoms. The molecule has 47 heavy (non-hydrogen) atoms. The van der Waals surface area contributed by atoms with Crippen molar-refractivity contribution in [2.24, 2.45) is 11.8 Å². The highest BCUT2D eigenvalue weighted by molar-refractivity contribution is 5.82. The van der Waals surface area contributed by atoms with Crippen LogP contribution in [0.25, 0.3) is 0 Å². The van der Waals surface area contributed by atoms with Gasteiger partial charge in [0.25, 0.3) is 0 Å². The Morgan fingerprint density at radius 2 is 1.34 bits per heavy atom. The second kappa shape index (κ2) is 19.7. The van der Waals surface area contributed by atoms with Gasteiger partial charge in [-0.15, -0.1) is 0 Å². The Bertz CT molecular complexity index is 1240. The molecule has 0 aromatic heterocycles. The van der Waals surface area contributed by atoms with Crippen molar-refractivity contribution in [1.82, 2.24) is 5.32 Å². The Labute approximate surface area is 279 Å². The van der Waals surface area contributed by atoms with E-state index >= 15 is 0 Å². The fourth-order valence-electron chi connectivity index (χ4n) is 4.74. The summed E-state index contributed by atoms with van der Waals surface area (Å²) < 4.78 is 28.8. The van der Waals surface area contributed by atoms with Gasteiger partial charge >= 0.3 is 24.0 Å². The fourth-order valence-corrected chi connectivity index (χ4v) is 4.74. The fraction of sp³-hybridized carbons (Fsp3) is 0.568. The minimum atomic E-state index is -1.28. The number of esters is 3. The van der Waals surface area contributed by atoms with Crippen molar-refractivity contribution in [2.75, 3.05) is 0 Å². The van der Waals surface area contributed by atoms with Crippen LogP contribution in [-0.4, -0.2) is 54.0 Å². The minimum absolute atomic E-state index is 0.00477. The lowest BCUT2D eigenvalue weighted by Gasteiger charge is -2.32. The number of ether oxygens (including phenoxy) is 5. The summed E-state index contributed by atoms with van der Waals surface area (Å²) in [5.74, 6) is -2.81. The molecule has 0 spiro atoms. The number of hydrogen-bond acceptors (Lipinski definition) is 9. The predicted molar refractivity (Wildman–Crippen MR) is 178 cm³/mol. The summed E-state index contributed by atoms with van der Waals surface area (Å²) in [6, 6.07) is 17.4. The largest absolute Gasteiger partial charge is 0.460 e. The molecular weight excluding hydrogens is 602 g/mol. The van der Waals surface area contributed by atoms with Gasteiger partial charge < -0.3 is 29.0 Å². The van der Waals surface area contributed by atoms with Gasteiger partial charge in [0, 0.05) is 6.42 Å². The summed E-state index contributed by atoms with van der Waals surface area (Å²) in [6.07, 6.45) is -1.98. The van der Waals surface area contributed by atoms with Crippen LogP contribution in [0.2, 0.25) is 0 Å². The van der Waals surface area contributed by atoms with Crippen molar-refractivity contribution < 1.29 is 42.9 Å². The molecule has 0 unspecified atom stereocenters. The molecule has 0 aliphatic heterocycles. The van der Waals surface area contributed by atoms with Gasteiger partial charge in [0.1, 0.15) is 18.3 Å². The first-order valence-electron chi connectivity index (χ1n) is 16.5. The molecule has 0 aliphatic carbocycles. The van der Waals surface area contributed by atoms with Crippen LogP contribution in [0, 0.1) is 11.8 Å².